The summed E-state index contributed by atoms with van der Waals surface area (Å²) < 4.78 is 0. The van der Waals surface area contributed by atoms with Gasteiger partial charge < -0.3 is 5.32 Å². The van der Waals surface area contributed by atoms with Gasteiger partial charge in [-0.25, -0.2) is 9.78 Å². The molecule has 2 aliphatic rings. The summed E-state index contributed by atoms with van der Waals surface area (Å²) in [6.07, 6.45) is 4.98. The summed E-state index contributed by atoms with van der Waals surface area (Å²) in [7, 11) is 0. The van der Waals surface area contributed by atoms with E-state index in [4.69, 9.17) is 11.6 Å². The van der Waals surface area contributed by atoms with E-state index in [1.54, 1.807) is 18.3 Å². The molecular weight excluding hydrogens is 290 g/mol. The van der Waals surface area contributed by atoms with E-state index >= 15 is 0 Å². The van der Waals surface area contributed by atoms with Crippen molar-refractivity contribution in [3.8, 4) is 0 Å². The monoisotopic (exact) mass is 307 g/mol. The molecule has 0 unspecified atom stereocenters. The standard InChI is InChI=1S/C15H18ClN3O2/c1-10-2-5-15(6-3-10)13(20)19(14(21)18-15)9-11-4-7-17-12(16)8-11/h4,7-8,10H,2-3,5-6,9H2,1H3,(H,18,21). The lowest BCUT2D eigenvalue weighted by atomic mass is 9.77. The molecule has 1 spiro atoms. The molecule has 6 heteroatoms. The summed E-state index contributed by atoms with van der Waals surface area (Å²) >= 11 is 5.85. The van der Waals surface area contributed by atoms with Crippen LogP contribution in [-0.2, 0) is 11.3 Å². The normalized spacial score (nSPS) is 29.0. The number of carbonyl (C=O) groups excluding carboxylic acids is 2. The average molecular weight is 308 g/mol. The Balaban J connectivity index is 1.78. The van der Waals surface area contributed by atoms with Crippen molar-refractivity contribution in [1.82, 2.24) is 15.2 Å². The number of hydrogen-bond acceptors (Lipinski definition) is 3. The van der Waals surface area contributed by atoms with Gasteiger partial charge in [-0.1, -0.05) is 18.5 Å². The van der Waals surface area contributed by atoms with Crippen LogP contribution in [0.15, 0.2) is 18.3 Å². The van der Waals surface area contributed by atoms with Gasteiger partial charge in [0.05, 0.1) is 6.54 Å². The molecule has 1 aromatic heterocycles. The molecule has 1 N–H and O–H groups in total. The summed E-state index contributed by atoms with van der Waals surface area (Å²) in [6.45, 7) is 2.43. The first-order chi connectivity index (χ1) is 10.00. The lowest BCUT2D eigenvalue weighted by Gasteiger charge is -2.33. The van der Waals surface area contributed by atoms with Gasteiger partial charge in [0.1, 0.15) is 10.7 Å². The van der Waals surface area contributed by atoms with Crippen LogP contribution in [0, 0.1) is 5.92 Å². The summed E-state index contributed by atoms with van der Waals surface area (Å²) in [6, 6.07) is 3.14. The minimum atomic E-state index is -0.680. The van der Waals surface area contributed by atoms with E-state index < -0.39 is 5.54 Å². The Morgan fingerprint density at radius 2 is 2.14 bits per heavy atom. The number of amides is 3. The van der Waals surface area contributed by atoms with Crippen molar-refractivity contribution < 1.29 is 9.59 Å². The number of hydrogen-bond donors (Lipinski definition) is 1. The molecule has 1 aromatic rings. The summed E-state index contributed by atoms with van der Waals surface area (Å²) in [5, 5.41) is 3.28. The molecule has 0 atom stereocenters. The fourth-order valence-corrected chi connectivity index (χ4v) is 3.33. The third kappa shape index (κ3) is 2.62. The third-order valence-electron chi connectivity index (χ3n) is 4.51. The number of aromatic nitrogens is 1. The maximum absolute atomic E-state index is 12.7. The Morgan fingerprint density at radius 1 is 1.43 bits per heavy atom. The lowest BCUT2D eigenvalue weighted by Crippen LogP contribution is -2.49. The zero-order valence-electron chi connectivity index (χ0n) is 11.9. The molecule has 3 rings (SSSR count). The van der Waals surface area contributed by atoms with Gasteiger partial charge in [0.25, 0.3) is 5.91 Å². The molecule has 1 aliphatic carbocycles. The molecule has 1 aliphatic heterocycles. The fourth-order valence-electron chi connectivity index (χ4n) is 3.14. The van der Waals surface area contributed by atoms with Gasteiger partial charge in [0.2, 0.25) is 0 Å². The molecule has 1 saturated carbocycles. The quantitative estimate of drug-likeness (QED) is 0.675. The highest BCUT2D eigenvalue weighted by molar-refractivity contribution is 6.29. The largest absolute Gasteiger partial charge is 0.325 e. The number of carbonyl (C=O) groups is 2. The molecule has 5 nitrogen and oxygen atoms in total. The number of rotatable bonds is 2. The van der Waals surface area contributed by atoms with Crippen molar-refractivity contribution in [3.05, 3.63) is 29.0 Å². The average Bonchev–Trinajstić information content (AvgIpc) is 2.67. The van der Waals surface area contributed by atoms with Crippen LogP contribution in [0.2, 0.25) is 5.15 Å². The van der Waals surface area contributed by atoms with Crippen molar-refractivity contribution in [1.29, 1.82) is 0 Å². The maximum atomic E-state index is 12.7. The van der Waals surface area contributed by atoms with Crippen molar-refractivity contribution in [2.75, 3.05) is 0 Å². The molecule has 0 radical (unpaired) electrons. The Hall–Kier alpha value is -1.62. The highest BCUT2D eigenvalue weighted by atomic mass is 35.5. The van der Waals surface area contributed by atoms with Crippen LogP contribution in [0.3, 0.4) is 0 Å². The van der Waals surface area contributed by atoms with E-state index in [9.17, 15) is 9.59 Å². The minimum Gasteiger partial charge on any atom is -0.323 e. The smallest absolute Gasteiger partial charge is 0.323 e. The minimum absolute atomic E-state index is 0.104. The predicted octanol–water partition coefficient (Wildman–Crippen LogP) is 2.74. The van der Waals surface area contributed by atoms with Crippen LogP contribution in [-0.4, -0.2) is 27.4 Å². The number of halogens is 1. The van der Waals surface area contributed by atoms with Crippen LogP contribution in [0.5, 0.6) is 0 Å². The second-order valence-corrected chi connectivity index (χ2v) is 6.46. The first-order valence-electron chi connectivity index (χ1n) is 7.25. The first-order valence-corrected chi connectivity index (χ1v) is 7.62. The number of nitrogens with zero attached hydrogens (tertiary/aromatic N) is 2. The SMILES string of the molecule is CC1CCC2(CC1)NC(=O)N(Cc1ccnc(Cl)c1)C2=O. The van der Waals surface area contributed by atoms with E-state index in [1.807, 2.05) is 0 Å². The first kappa shape index (κ1) is 14.3. The third-order valence-corrected chi connectivity index (χ3v) is 4.71. The Bertz CT molecular complexity index is 582. The zero-order valence-corrected chi connectivity index (χ0v) is 12.7. The second kappa shape index (κ2) is 5.30. The molecule has 3 amide bonds. The predicted molar refractivity (Wildman–Crippen MR) is 78.7 cm³/mol. The van der Waals surface area contributed by atoms with Gasteiger partial charge in [0, 0.05) is 6.20 Å². The van der Waals surface area contributed by atoms with Gasteiger partial charge in [-0.15, -0.1) is 0 Å². The van der Waals surface area contributed by atoms with Gasteiger partial charge >= 0.3 is 6.03 Å². The number of nitrogens with one attached hydrogen (secondary N) is 1. The second-order valence-electron chi connectivity index (χ2n) is 6.07. The van der Waals surface area contributed by atoms with Gasteiger partial charge in [-0.05, 0) is 49.3 Å². The molecule has 2 fully saturated rings. The van der Waals surface area contributed by atoms with Gasteiger partial charge in [-0.2, -0.15) is 0 Å². The molecule has 0 aromatic carbocycles. The van der Waals surface area contributed by atoms with Crippen LogP contribution < -0.4 is 5.32 Å². The maximum Gasteiger partial charge on any atom is 0.325 e. The molecular formula is C15H18ClN3O2. The molecule has 0 bridgehead atoms. The molecule has 21 heavy (non-hydrogen) atoms. The topological polar surface area (TPSA) is 62.3 Å². The summed E-state index contributed by atoms with van der Waals surface area (Å²) in [5.74, 6) is 0.515. The molecule has 112 valence electrons. The zero-order chi connectivity index (χ0) is 15.0. The van der Waals surface area contributed by atoms with Crippen molar-refractivity contribution in [2.45, 2.75) is 44.7 Å². The summed E-state index contributed by atoms with van der Waals surface area (Å²) in [5.41, 5.74) is 0.125. The number of urea groups is 1. The number of pyridine rings is 1. The Morgan fingerprint density at radius 3 is 2.81 bits per heavy atom. The highest BCUT2D eigenvalue weighted by Crippen LogP contribution is 2.36. The highest BCUT2D eigenvalue weighted by Gasteiger charge is 2.51. The summed E-state index contributed by atoms with van der Waals surface area (Å²) in [4.78, 5) is 30.1. The number of imide groups is 1. The van der Waals surface area contributed by atoms with Crippen LogP contribution in [0.4, 0.5) is 4.79 Å². The van der Waals surface area contributed by atoms with Crippen molar-refractivity contribution in [2.24, 2.45) is 5.92 Å². The van der Waals surface area contributed by atoms with Gasteiger partial charge in [0.15, 0.2) is 0 Å². The van der Waals surface area contributed by atoms with Crippen LogP contribution in [0.1, 0.15) is 38.2 Å². The van der Waals surface area contributed by atoms with Crippen LogP contribution in [0.25, 0.3) is 0 Å². The molecule has 2 heterocycles. The van der Waals surface area contributed by atoms with E-state index in [2.05, 4.69) is 17.2 Å². The Labute approximate surface area is 128 Å². The van der Waals surface area contributed by atoms with E-state index in [0.29, 0.717) is 11.1 Å². The van der Waals surface area contributed by atoms with Crippen molar-refractivity contribution in [3.63, 3.8) is 0 Å². The Kier molecular flexibility index (Phi) is 3.61. The van der Waals surface area contributed by atoms with Crippen molar-refractivity contribution >= 4 is 23.5 Å². The van der Waals surface area contributed by atoms with E-state index in [0.717, 1.165) is 31.2 Å². The molecule has 1 saturated heterocycles. The van der Waals surface area contributed by atoms with E-state index in [-0.39, 0.29) is 18.5 Å². The lowest BCUT2D eigenvalue weighted by molar-refractivity contribution is -0.133. The van der Waals surface area contributed by atoms with E-state index in [1.165, 1.54) is 4.90 Å². The van der Waals surface area contributed by atoms with Gasteiger partial charge in [-0.3, -0.25) is 9.69 Å². The fraction of sp³-hybridized carbons (Fsp3) is 0.533. The van der Waals surface area contributed by atoms with Crippen LogP contribution >= 0.6 is 11.6 Å².